The zero-order valence-corrected chi connectivity index (χ0v) is 13.5. The highest BCUT2D eigenvalue weighted by Gasteiger charge is 2.17. The van der Waals surface area contributed by atoms with E-state index in [1.54, 1.807) is 42.3 Å². The van der Waals surface area contributed by atoms with Gasteiger partial charge >= 0.3 is 0 Å². The summed E-state index contributed by atoms with van der Waals surface area (Å²) in [6, 6.07) is 12.4. The molecule has 0 spiro atoms. The van der Waals surface area contributed by atoms with Crippen molar-refractivity contribution in [2.45, 2.75) is 13.0 Å². The summed E-state index contributed by atoms with van der Waals surface area (Å²) in [5, 5.41) is 14.0. The van der Waals surface area contributed by atoms with Gasteiger partial charge in [0.15, 0.2) is 5.11 Å². The SMILES string of the molecule is C[C@@H](c1cccc([N+](=O)[O-])c1)N(C)C(=S)Nc1ccccc1F. The fourth-order valence-electron chi connectivity index (χ4n) is 2.06. The van der Waals surface area contributed by atoms with Crippen LogP contribution in [0.3, 0.4) is 0 Å². The molecule has 0 amide bonds. The molecule has 0 fully saturated rings. The second-order valence-electron chi connectivity index (χ2n) is 5.05. The molecule has 0 radical (unpaired) electrons. The highest BCUT2D eigenvalue weighted by molar-refractivity contribution is 7.80. The summed E-state index contributed by atoms with van der Waals surface area (Å²) in [7, 11) is 1.75. The van der Waals surface area contributed by atoms with Crippen molar-refractivity contribution in [1.29, 1.82) is 0 Å². The van der Waals surface area contributed by atoms with Crippen molar-refractivity contribution in [3.05, 3.63) is 70.0 Å². The van der Waals surface area contributed by atoms with Gasteiger partial charge in [-0.1, -0.05) is 24.3 Å². The zero-order valence-electron chi connectivity index (χ0n) is 12.7. The molecule has 7 heteroatoms. The van der Waals surface area contributed by atoms with E-state index in [0.29, 0.717) is 5.11 Å². The number of para-hydroxylation sites is 1. The Morgan fingerprint density at radius 2 is 2.00 bits per heavy atom. The molecule has 1 atom stereocenters. The summed E-state index contributed by atoms with van der Waals surface area (Å²) < 4.78 is 13.7. The van der Waals surface area contributed by atoms with Crippen LogP contribution in [-0.2, 0) is 0 Å². The third-order valence-electron chi connectivity index (χ3n) is 3.58. The van der Waals surface area contributed by atoms with Crippen molar-refractivity contribution in [3.63, 3.8) is 0 Å². The van der Waals surface area contributed by atoms with Crippen LogP contribution in [0.25, 0.3) is 0 Å². The Labute approximate surface area is 138 Å². The fraction of sp³-hybridized carbons (Fsp3) is 0.188. The van der Waals surface area contributed by atoms with E-state index in [9.17, 15) is 14.5 Å². The Hall–Kier alpha value is -2.54. The minimum absolute atomic E-state index is 0.0238. The van der Waals surface area contributed by atoms with Crippen LogP contribution in [0.2, 0.25) is 0 Å². The topological polar surface area (TPSA) is 58.4 Å². The van der Waals surface area contributed by atoms with Crippen molar-refractivity contribution < 1.29 is 9.31 Å². The second-order valence-corrected chi connectivity index (χ2v) is 5.44. The average molecular weight is 333 g/mol. The standard InChI is InChI=1S/C16H16FN3O2S/c1-11(12-6-5-7-13(10-12)20(21)22)19(2)16(23)18-15-9-4-3-8-14(15)17/h3-11H,1-2H3,(H,18,23)/t11-/m0/s1. The van der Waals surface area contributed by atoms with E-state index in [4.69, 9.17) is 12.2 Å². The zero-order chi connectivity index (χ0) is 17.0. The Balaban J connectivity index is 2.14. The number of nitro benzene ring substituents is 1. The number of benzene rings is 2. The highest BCUT2D eigenvalue weighted by Crippen LogP contribution is 2.24. The summed E-state index contributed by atoms with van der Waals surface area (Å²) in [5.74, 6) is -0.397. The smallest absolute Gasteiger partial charge is 0.269 e. The Bertz CT molecular complexity index is 739. The summed E-state index contributed by atoms with van der Waals surface area (Å²) in [6.45, 7) is 1.87. The van der Waals surface area contributed by atoms with Gasteiger partial charge in [0.1, 0.15) is 5.82 Å². The van der Waals surface area contributed by atoms with Crippen LogP contribution in [0.5, 0.6) is 0 Å². The summed E-state index contributed by atoms with van der Waals surface area (Å²) in [5.41, 5.74) is 1.06. The molecule has 0 bridgehead atoms. The maximum atomic E-state index is 13.7. The van der Waals surface area contributed by atoms with E-state index in [1.807, 2.05) is 6.92 Å². The number of nitro groups is 1. The Kier molecular flexibility index (Phi) is 5.23. The molecule has 0 aliphatic carbocycles. The minimum Gasteiger partial charge on any atom is -0.345 e. The largest absolute Gasteiger partial charge is 0.345 e. The van der Waals surface area contributed by atoms with Gasteiger partial charge in [-0.25, -0.2) is 4.39 Å². The molecule has 0 saturated heterocycles. The molecule has 1 N–H and O–H groups in total. The van der Waals surface area contributed by atoms with Crippen molar-refractivity contribution in [3.8, 4) is 0 Å². The Morgan fingerprint density at radius 1 is 1.30 bits per heavy atom. The minimum atomic E-state index is -0.438. The molecule has 0 heterocycles. The molecular formula is C16H16FN3O2S. The Morgan fingerprint density at radius 3 is 2.65 bits per heavy atom. The lowest BCUT2D eigenvalue weighted by Gasteiger charge is -2.28. The predicted molar refractivity (Wildman–Crippen MR) is 91.9 cm³/mol. The molecule has 120 valence electrons. The van der Waals surface area contributed by atoms with Crippen LogP contribution in [0, 0.1) is 15.9 Å². The van der Waals surface area contributed by atoms with Gasteiger partial charge in [0.05, 0.1) is 16.7 Å². The van der Waals surface area contributed by atoms with Crippen LogP contribution in [-0.4, -0.2) is 22.0 Å². The monoisotopic (exact) mass is 333 g/mol. The number of nitrogens with zero attached hydrogens (tertiary/aromatic N) is 2. The number of hydrogen-bond donors (Lipinski definition) is 1. The van der Waals surface area contributed by atoms with Crippen molar-refractivity contribution >= 4 is 28.7 Å². The van der Waals surface area contributed by atoms with Gasteiger partial charge in [-0.05, 0) is 36.8 Å². The molecule has 23 heavy (non-hydrogen) atoms. The van der Waals surface area contributed by atoms with Crippen LogP contribution < -0.4 is 5.32 Å². The first kappa shape index (κ1) is 16.8. The van der Waals surface area contributed by atoms with Crippen molar-refractivity contribution in [2.24, 2.45) is 0 Å². The molecule has 0 aliphatic heterocycles. The van der Waals surface area contributed by atoms with Gasteiger partial charge in [-0.2, -0.15) is 0 Å². The lowest BCUT2D eigenvalue weighted by Crippen LogP contribution is -2.33. The summed E-state index contributed by atoms with van der Waals surface area (Å²) in [6.07, 6.45) is 0. The maximum Gasteiger partial charge on any atom is 0.269 e. The van der Waals surface area contributed by atoms with Gasteiger partial charge < -0.3 is 10.2 Å². The number of halogens is 1. The second kappa shape index (κ2) is 7.15. The normalized spacial score (nSPS) is 11.6. The van der Waals surface area contributed by atoms with Crippen molar-refractivity contribution in [1.82, 2.24) is 4.90 Å². The number of rotatable bonds is 4. The van der Waals surface area contributed by atoms with E-state index in [-0.39, 0.29) is 17.4 Å². The van der Waals surface area contributed by atoms with Gasteiger partial charge in [-0.3, -0.25) is 10.1 Å². The van der Waals surface area contributed by atoms with Crippen LogP contribution in [0.4, 0.5) is 15.8 Å². The first-order chi connectivity index (χ1) is 10.9. The van der Waals surface area contributed by atoms with E-state index in [0.717, 1.165) is 5.56 Å². The molecule has 0 aliphatic rings. The average Bonchev–Trinajstić information content (AvgIpc) is 2.55. The fourth-order valence-corrected chi connectivity index (χ4v) is 2.33. The number of thiocarbonyl (C=S) groups is 1. The molecular weight excluding hydrogens is 317 g/mol. The third-order valence-corrected chi connectivity index (χ3v) is 3.97. The first-order valence-corrected chi connectivity index (χ1v) is 7.33. The molecule has 2 aromatic rings. The van der Waals surface area contributed by atoms with Crippen LogP contribution in [0.15, 0.2) is 48.5 Å². The molecule has 0 aromatic heterocycles. The predicted octanol–water partition coefficient (Wildman–Crippen LogP) is 4.12. The lowest BCUT2D eigenvalue weighted by molar-refractivity contribution is -0.384. The van der Waals surface area contributed by atoms with Gasteiger partial charge in [0.25, 0.3) is 5.69 Å². The number of anilines is 1. The summed E-state index contributed by atoms with van der Waals surface area (Å²) >= 11 is 5.29. The van der Waals surface area contributed by atoms with Gasteiger partial charge in [0.2, 0.25) is 0 Å². The summed E-state index contributed by atoms with van der Waals surface area (Å²) in [4.78, 5) is 12.2. The maximum absolute atomic E-state index is 13.7. The quantitative estimate of drug-likeness (QED) is 0.518. The molecule has 0 saturated carbocycles. The molecule has 2 aromatic carbocycles. The van der Waals surface area contributed by atoms with Crippen LogP contribution in [0.1, 0.15) is 18.5 Å². The third kappa shape index (κ3) is 4.01. The number of hydrogen-bond acceptors (Lipinski definition) is 3. The van der Waals surface area contributed by atoms with Gasteiger partial charge in [0, 0.05) is 19.2 Å². The van der Waals surface area contributed by atoms with E-state index in [2.05, 4.69) is 5.32 Å². The highest BCUT2D eigenvalue weighted by atomic mass is 32.1. The van der Waals surface area contributed by atoms with Gasteiger partial charge in [-0.15, -0.1) is 0 Å². The van der Waals surface area contributed by atoms with E-state index in [1.165, 1.54) is 18.2 Å². The number of non-ortho nitro benzene ring substituents is 1. The molecule has 5 nitrogen and oxygen atoms in total. The lowest BCUT2D eigenvalue weighted by atomic mass is 10.1. The molecule has 2 rings (SSSR count). The number of nitrogens with one attached hydrogen (secondary N) is 1. The van der Waals surface area contributed by atoms with Crippen molar-refractivity contribution in [2.75, 3.05) is 12.4 Å². The first-order valence-electron chi connectivity index (χ1n) is 6.93. The molecule has 0 unspecified atom stereocenters. The van der Waals surface area contributed by atoms with E-state index >= 15 is 0 Å². The van der Waals surface area contributed by atoms with E-state index < -0.39 is 10.7 Å². The van der Waals surface area contributed by atoms with Crippen LogP contribution >= 0.6 is 12.2 Å².